The van der Waals surface area contributed by atoms with Gasteiger partial charge in [0.2, 0.25) is 0 Å². The second-order valence-electron chi connectivity index (χ2n) is 4.01. The molecule has 0 aromatic carbocycles. The number of aliphatic imine (C=N–C) groups is 1. The first-order valence-corrected chi connectivity index (χ1v) is 6.52. The third-order valence-electron chi connectivity index (χ3n) is 2.30. The highest BCUT2D eigenvalue weighted by Gasteiger charge is 2.06. The van der Waals surface area contributed by atoms with Gasteiger partial charge in [0.05, 0.1) is 6.54 Å². The summed E-state index contributed by atoms with van der Waals surface area (Å²) in [6, 6.07) is 4.27. The van der Waals surface area contributed by atoms with E-state index in [0.717, 1.165) is 19.0 Å². The summed E-state index contributed by atoms with van der Waals surface area (Å²) >= 11 is 1.80. The van der Waals surface area contributed by atoms with E-state index in [0.29, 0.717) is 5.92 Å². The van der Waals surface area contributed by atoms with E-state index < -0.39 is 0 Å². The summed E-state index contributed by atoms with van der Waals surface area (Å²) < 4.78 is 0. The SMILES string of the molecule is CCNC(=NCC(C)c1cccs1)N(C)C. The Hall–Kier alpha value is -1.03. The van der Waals surface area contributed by atoms with Crippen molar-refractivity contribution in [3.05, 3.63) is 22.4 Å². The lowest BCUT2D eigenvalue weighted by molar-refractivity contribution is 0.580. The summed E-state index contributed by atoms with van der Waals surface area (Å²) in [6.07, 6.45) is 0. The van der Waals surface area contributed by atoms with Gasteiger partial charge in [-0.1, -0.05) is 13.0 Å². The molecule has 1 N–H and O–H groups in total. The fourth-order valence-electron chi connectivity index (χ4n) is 1.40. The average molecular weight is 239 g/mol. The van der Waals surface area contributed by atoms with Gasteiger partial charge in [-0.2, -0.15) is 0 Å². The van der Waals surface area contributed by atoms with Crippen LogP contribution >= 0.6 is 11.3 Å². The Kier molecular flexibility index (Phi) is 5.32. The summed E-state index contributed by atoms with van der Waals surface area (Å²) in [5.74, 6) is 1.46. The molecule has 16 heavy (non-hydrogen) atoms. The molecular formula is C12H21N3S. The van der Waals surface area contributed by atoms with Crippen molar-refractivity contribution < 1.29 is 0 Å². The normalized spacial score (nSPS) is 13.6. The monoisotopic (exact) mass is 239 g/mol. The summed E-state index contributed by atoms with van der Waals surface area (Å²) in [5, 5.41) is 5.38. The van der Waals surface area contributed by atoms with Crippen LogP contribution in [-0.2, 0) is 0 Å². The van der Waals surface area contributed by atoms with Gasteiger partial charge in [-0.05, 0) is 18.4 Å². The van der Waals surface area contributed by atoms with Gasteiger partial charge in [-0.3, -0.25) is 4.99 Å². The predicted octanol–water partition coefficient (Wildman–Crippen LogP) is 2.38. The maximum absolute atomic E-state index is 4.61. The Balaban J connectivity index is 2.56. The van der Waals surface area contributed by atoms with E-state index in [-0.39, 0.29) is 0 Å². The standard InChI is InChI=1S/C12H21N3S/c1-5-13-12(15(3)4)14-9-10(2)11-7-6-8-16-11/h6-8,10H,5,9H2,1-4H3,(H,13,14). The molecular weight excluding hydrogens is 218 g/mol. The van der Waals surface area contributed by atoms with Gasteiger partial charge in [0.25, 0.3) is 0 Å². The van der Waals surface area contributed by atoms with E-state index in [1.165, 1.54) is 4.88 Å². The highest BCUT2D eigenvalue weighted by Crippen LogP contribution is 2.20. The van der Waals surface area contributed by atoms with Crippen LogP contribution in [0.4, 0.5) is 0 Å². The molecule has 0 aliphatic carbocycles. The fraction of sp³-hybridized carbons (Fsp3) is 0.583. The van der Waals surface area contributed by atoms with Gasteiger partial charge in [0.15, 0.2) is 5.96 Å². The minimum Gasteiger partial charge on any atom is -0.357 e. The van der Waals surface area contributed by atoms with Crippen LogP contribution in [0.25, 0.3) is 0 Å². The van der Waals surface area contributed by atoms with Crippen LogP contribution in [0.15, 0.2) is 22.5 Å². The lowest BCUT2D eigenvalue weighted by Crippen LogP contribution is -2.36. The molecule has 0 saturated heterocycles. The number of nitrogens with zero attached hydrogens (tertiary/aromatic N) is 2. The first-order chi connectivity index (χ1) is 7.65. The Morgan fingerprint density at radius 2 is 2.31 bits per heavy atom. The zero-order valence-electron chi connectivity index (χ0n) is 10.5. The highest BCUT2D eigenvalue weighted by atomic mass is 32.1. The van der Waals surface area contributed by atoms with Gasteiger partial charge in [-0.25, -0.2) is 0 Å². The molecule has 0 fully saturated rings. The third-order valence-corrected chi connectivity index (χ3v) is 3.41. The second-order valence-corrected chi connectivity index (χ2v) is 4.98. The van der Waals surface area contributed by atoms with Gasteiger partial charge < -0.3 is 10.2 Å². The molecule has 0 spiro atoms. The Bertz CT molecular complexity index is 317. The lowest BCUT2D eigenvalue weighted by Gasteiger charge is -2.17. The third kappa shape index (κ3) is 3.85. The topological polar surface area (TPSA) is 27.6 Å². The Morgan fingerprint density at radius 3 is 2.81 bits per heavy atom. The number of thiophene rings is 1. The molecule has 90 valence electrons. The Labute approximate surface area is 102 Å². The van der Waals surface area contributed by atoms with Crippen LogP contribution in [0.1, 0.15) is 24.6 Å². The van der Waals surface area contributed by atoms with Crippen molar-refractivity contribution >= 4 is 17.3 Å². The van der Waals surface area contributed by atoms with Crippen LogP contribution in [0.3, 0.4) is 0 Å². The zero-order chi connectivity index (χ0) is 12.0. The molecule has 0 radical (unpaired) electrons. The van der Waals surface area contributed by atoms with E-state index in [1.807, 2.05) is 19.0 Å². The van der Waals surface area contributed by atoms with Crippen molar-refractivity contribution in [1.82, 2.24) is 10.2 Å². The van der Waals surface area contributed by atoms with Crippen LogP contribution < -0.4 is 5.32 Å². The number of rotatable bonds is 4. The quantitative estimate of drug-likeness (QED) is 0.645. The van der Waals surface area contributed by atoms with Crippen LogP contribution in [0.2, 0.25) is 0 Å². The van der Waals surface area contributed by atoms with Crippen molar-refractivity contribution in [2.24, 2.45) is 4.99 Å². The van der Waals surface area contributed by atoms with E-state index in [9.17, 15) is 0 Å². The molecule has 0 saturated carbocycles. The van der Waals surface area contributed by atoms with Crippen LogP contribution in [0.5, 0.6) is 0 Å². The maximum atomic E-state index is 4.61. The summed E-state index contributed by atoms with van der Waals surface area (Å²) in [6.45, 7) is 6.04. The lowest BCUT2D eigenvalue weighted by atomic mass is 10.1. The zero-order valence-corrected chi connectivity index (χ0v) is 11.3. The molecule has 1 heterocycles. The second kappa shape index (κ2) is 6.53. The fourth-order valence-corrected chi connectivity index (χ4v) is 2.18. The van der Waals surface area contributed by atoms with Crippen molar-refractivity contribution in [3.8, 4) is 0 Å². The average Bonchev–Trinajstić information content (AvgIpc) is 2.76. The Morgan fingerprint density at radius 1 is 1.56 bits per heavy atom. The van der Waals surface area contributed by atoms with Gasteiger partial charge in [-0.15, -0.1) is 11.3 Å². The van der Waals surface area contributed by atoms with Crippen LogP contribution in [-0.4, -0.2) is 38.0 Å². The van der Waals surface area contributed by atoms with Crippen molar-refractivity contribution in [2.45, 2.75) is 19.8 Å². The smallest absolute Gasteiger partial charge is 0.193 e. The molecule has 0 amide bonds. The number of guanidine groups is 1. The van der Waals surface area contributed by atoms with Gasteiger partial charge in [0, 0.05) is 31.4 Å². The largest absolute Gasteiger partial charge is 0.357 e. The maximum Gasteiger partial charge on any atom is 0.193 e. The van der Waals surface area contributed by atoms with E-state index >= 15 is 0 Å². The number of nitrogens with one attached hydrogen (secondary N) is 1. The summed E-state index contributed by atoms with van der Waals surface area (Å²) in [5.41, 5.74) is 0. The molecule has 1 atom stereocenters. The molecule has 1 aromatic rings. The van der Waals surface area contributed by atoms with Crippen LogP contribution in [0, 0.1) is 0 Å². The molecule has 0 bridgehead atoms. The van der Waals surface area contributed by atoms with E-state index in [2.05, 4.69) is 41.7 Å². The number of hydrogen-bond acceptors (Lipinski definition) is 2. The van der Waals surface area contributed by atoms with Gasteiger partial charge in [0.1, 0.15) is 0 Å². The summed E-state index contributed by atoms with van der Waals surface area (Å²) in [7, 11) is 4.02. The molecule has 0 aliphatic rings. The summed E-state index contributed by atoms with van der Waals surface area (Å²) in [4.78, 5) is 8.03. The molecule has 1 rings (SSSR count). The molecule has 0 aliphatic heterocycles. The highest BCUT2D eigenvalue weighted by molar-refractivity contribution is 7.10. The predicted molar refractivity (Wildman–Crippen MR) is 72.4 cm³/mol. The van der Waals surface area contributed by atoms with Gasteiger partial charge >= 0.3 is 0 Å². The van der Waals surface area contributed by atoms with Crippen molar-refractivity contribution in [1.29, 1.82) is 0 Å². The first-order valence-electron chi connectivity index (χ1n) is 5.64. The molecule has 3 nitrogen and oxygen atoms in total. The number of hydrogen-bond donors (Lipinski definition) is 1. The van der Waals surface area contributed by atoms with E-state index in [1.54, 1.807) is 11.3 Å². The molecule has 1 unspecified atom stereocenters. The van der Waals surface area contributed by atoms with E-state index in [4.69, 9.17) is 0 Å². The minimum absolute atomic E-state index is 0.494. The first kappa shape index (κ1) is 13.0. The van der Waals surface area contributed by atoms with Crippen molar-refractivity contribution in [2.75, 3.05) is 27.2 Å². The molecule has 1 aromatic heterocycles. The van der Waals surface area contributed by atoms with Crippen molar-refractivity contribution in [3.63, 3.8) is 0 Å². The minimum atomic E-state index is 0.494. The molecule has 4 heteroatoms.